The minimum atomic E-state index is 0.846. The summed E-state index contributed by atoms with van der Waals surface area (Å²) in [6.07, 6.45) is 3.33. The summed E-state index contributed by atoms with van der Waals surface area (Å²) < 4.78 is 4.88. The van der Waals surface area contributed by atoms with Crippen molar-refractivity contribution < 1.29 is 0 Å². The molecular weight excluding hydrogens is 386 g/mol. The maximum absolute atomic E-state index is 4.76. The number of hydrogen-bond acceptors (Lipinski definition) is 4. The summed E-state index contributed by atoms with van der Waals surface area (Å²) in [7, 11) is 0. The minimum Gasteiger partial charge on any atom is -0.221 e. The summed E-state index contributed by atoms with van der Waals surface area (Å²) in [4.78, 5) is 5.60. The van der Waals surface area contributed by atoms with Crippen LogP contribution in [0.3, 0.4) is 0 Å². The maximum Gasteiger partial charge on any atom is 0.210 e. The van der Waals surface area contributed by atoms with Crippen LogP contribution in [0, 0.1) is 0 Å². The first-order valence-corrected chi connectivity index (χ1v) is 8.90. The predicted molar refractivity (Wildman–Crippen MR) is 97.9 cm³/mol. The SMILES string of the molecule is Brc1ccc(-c2csc(=Nc3ccccc3)n2-n2cnnc2)cc1. The van der Waals surface area contributed by atoms with E-state index in [1.165, 1.54) is 0 Å². The van der Waals surface area contributed by atoms with E-state index in [0.717, 1.165) is 26.2 Å². The first-order valence-electron chi connectivity index (χ1n) is 7.23. The van der Waals surface area contributed by atoms with Crippen molar-refractivity contribution in [1.29, 1.82) is 0 Å². The summed E-state index contributed by atoms with van der Waals surface area (Å²) in [5, 5.41) is 9.93. The molecule has 118 valence electrons. The van der Waals surface area contributed by atoms with Gasteiger partial charge in [0.15, 0.2) is 0 Å². The van der Waals surface area contributed by atoms with Crippen LogP contribution < -0.4 is 4.80 Å². The van der Waals surface area contributed by atoms with E-state index >= 15 is 0 Å². The summed E-state index contributed by atoms with van der Waals surface area (Å²) in [6.45, 7) is 0. The van der Waals surface area contributed by atoms with Crippen molar-refractivity contribution in [3.8, 4) is 11.3 Å². The van der Waals surface area contributed by atoms with Gasteiger partial charge in [-0.05, 0) is 24.3 Å². The molecule has 0 bridgehead atoms. The fraction of sp³-hybridized carbons (Fsp3) is 0. The average Bonchev–Trinajstić information content (AvgIpc) is 3.26. The Kier molecular flexibility index (Phi) is 4.10. The Balaban J connectivity index is 1.93. The second kappa shape index (κ2) is 6.54. The number of benzene rings is 2. The third-order valence-electron chi connectivity index (χ3n) is 3.44. The van der Waals surface area contributed by atoms with Gasteiger partial charge in [-0.1, -0.05) is 46.3 Å². The fourth-order valence-corrected chi connectivity index (χ4v) is 3.50. The van der Waals surface area contributed by atoms with Crippen molar-refractivity contribution in [3.63, 3.8) is 0 Å². The topological polar surface area (TPSA) is 48.0 Å². The van der Waals surface area contributed by atoms with E-state index < -0.39 is 0 Å². The quantitative estimate of drug-likeness (QED) is 0.522. The lowest BCUT2D eigenvalue weighted by Crippen LogP contribution is -2.21. The van der Waals surface area contributed by atoms with Crippen LogP contribution in [0.4, 0.5) is 5.69 Å². The molecule has 2 heterocycles. The van der Waals surface area contributed by atoms with Crippen molar-refractivity contribution in [2.45, 2.75) is 0 Å². The van der Waals surface area contributed by atoms with Crippen LogP contribution in [0.2, 0.25) is 0 Å². The van der Waals surface area contributed by atoms with Gasteiger partial charge in [-0.2, -0.15) is 0 Å². The molecule has 0 atom stereocenters. The molecule has 4 rings (SSSR count). The molecule has 7 heteroatoms. The van der Waals surface area contributed by atoms with Gasteiger partial charge in [-0.25, -0.2) is 14.3 Å². The molecule has 0 aliphatic carbocycles. The van der Waals surface area contributed by atoms with Crippen molar-refractivity contribution in [2.75, 3.05) is 0 Å². The molecule has 4 aromatic rings. The number of para-hydroxylation sites is 1. The van der Waals surface area contributed by atoms with Gasteiger partial charge in [0, 0.05) is 15.4 Å². The van der Waals surface area contributed by atoms with E-state index in [1.807, 2.05) is 51.8 Å². The lowest BCUT2D eigenvalue weighted by molar-refractivity contribution is 0.642. The molecule has 0 radical (unpaired) electrons. The van der Waals surface area contributed by atoms with Gasteiger partial charge < -0.3 is 0 Å². The fourth-order valence-electron chi connectivity index (χ4n) is 2.33. The summed E-state index contributed by atoms with van der Waals surface area (Å²) in [6, 6.07) is 18.1. The highest BCUT2D eigenvalue weighted by molar-refractivity contribution is 9.10. The summed E-state index contributed by atoms with van der Waals surface area (Å²) in [5.74, 6) is 0. The molecule has 0 amide bonds. The average molecular weight is 398 g/mol. The normalized spacial score (nSPS) is 11.8. The monoisotopic (exact) mass is 397 g/mol. The van der Waals surface area contributed by atoms with E-state index in [1.54, 1.807) is 24.0 Å². The molecule has 0 spiro atoms. The van der Waals surface area contributed by atoms with Crippen LogP contribution in [0.1, 0.15) is 0 Å². The van der Waals surface area contributed by atoms with Crippen LogP contribution in [0.5, 0.6) is 0 Å². The first-order chi connectivity index (χ1) is 11.8. The van der Waals surface area contributed by atoms with Crippen LogP contribution in [-0.4, -0.2) is 19.5 Å². The summed E-state index contributed by atoms with van der Waals surface area (Å²) in [5.41, 5.74) is 3.03. The number of rotatable bonds is 3. The van der Waals surface area contributed by atoms with Crippen molar-refractivity contribution in [2.24, 2.45) is 4.99 Å². The lowest BCUT2D eigenvalue weighted by atomic mass is 10.2. The number of hydrogen-bond donors (Lipinski definition) is 0. The van der Waals surface area contributed by atoms with Crippen LogP contribution >= 0.6 is 27.3 Å². The lowest BCUT2D eigenvalue weighted by Gasteiger charge is -2.09. The smallest absolute Gasteiger partial charge is 0.210 e. The molecule has 0 unspecified atom stereocenters. The van der Waals surface area contributed by atoms with E-state index in [-0.39, 0.29) is 0 Å². The first kappa shape index (κ1) is 15.0. The predicted octanol–water partition coefficient (Wildman–Crippen LogP) is 4.11. The molecule has 0 fully saturated rings. The van der Waals surface area contributed by atoms with Crippen LogP contribution in [0.15, 0.2) is 82.1 Å². The Morgan fingerprint density at radius 1 is 0.917 bits per heavy atom. The van der Waals surface area contributed by atoms with E-state index in [4.69, 9.17) is 4.99 Å². The third kappa shape index (κ3) is 2.95. The van der Waals surface area contributed by atoms with Gasteiger partial charge in [-0.15, -0.1) is 21.5 Å². The van der Waals surface area contributed by atoms with Crippen LogP contribution in [0.25, 0.3) is 11.3 Å². The summed E-state index contributed by atoms with van der Waals surface area (Å²) >= 11 is 5.05. The molecule has 2 aromatic carbocycles. The number of aromatic nitrogens is 4. The molecule has 0 N–H and O–H groups in total. The third-order valence-corrected chi connectivity index (χ3v) is 4.79. The molecule has 5 nitrogen and oxygen atoms in total. The number of halogens is 1. The van der Waals surface area contributed by atoms with E-state index in [0.29, 0.717) is 0 Å². The Bertz CT molecular complexity index is 1000. The van der Waals surface area contributed by atoms with Gasteiger partial charge in [-0.3, -0.25) is 0 Å². The maximum atomic E-state index is 4.76. The molecule has 0 saturated heterocycles. The molecule has 2 aromatic heterocycles. The van der Waals surface area contributed by atoms with E-state index in [9.17, 15) is 0 Å². The highest BCUT2D eigenvalue weighted by atomic mass is 79.9. The van der Waals surface area contributed by atoms with Crippen LogP contribution in [-0.2, 0) is 0 Å². The Morgan fingerprint density at radius 3 is 2.33 bits per heavy atom. The molecule has 0 aliphatic heterocycles. The molecule has 0 saturated carbocycles. The van der Waals surface area contributed by atoms with Gasteiger partial charge in [0.1, 0.15) is 12.7 Å². The number of thiazole rings is 1. The standard InChI is InChI=1S/C17H12BrN5S/c18-14-8-6-13(7-9-14)16-10-24-17(21-15-4-2-1-3-5-15)23(16)22-11-19-20-12-22/h1-12H. The van der Waals surface area contributed by atoms with Crippen molar-refractivity contribution in [3.05, 3.63) is 81.9 Å². The zero-order valence-electron chi connectivity index (χ0n) is 12.5. The molecule has 24 heavy (non-hydrogen) atoms. The van der Waals surface area contributed by atoms with Gasteiger partial charge >= 0.3 is 0 Å². The Hall–Kier alpha value is -2.51. The Morgan fingerprint density at radius 2 is 1.62 bits per heavy atom. The highest BCUT2D eigenvalue weighted by Crippen LogP contribution is 2.23. The van der Waals surface area contributed by atoms with E-state index in [2.05, 4.69) is 43.6 Å². The zero-order chi connectivity index (χ0) is 16.4. The highest BCUT2D eigenvalue weighted by Gasteiger charge is 2.10. The van der Waals surface area contributed by atoms with Crippen molar-refractivity contribution in [1.82, 2.24) is 19.5 Å². The van der Waals surface area contributed by atoms with Gasteiger partial charge in [0.05, 0.1) is 11.4 Å². The second-order valence-electron chi connectivity index (χ2n) is 5.01. The second-order valence-corrected chi connectivity index (χ2v) is 6.76. The molecular formula is C17H12BrN5S. The molecule has 0 aliphatic rings. The minimum absolute atomic E-state index is 0.846. The zero-order valence-corrected chi connectivity index (χ0v) is 14.9. The van der Waals surface area contributed by atoms with Gasteiger partial charge in [0.2, 0.25) is 4.80 Å². The van der Waals surface area contributed by atoms with Gasteiger partial charge in [0.25, 0.3) is 0 Å². The number of nitrogens with zero attached hydrogens (tertiary/aromatic N) is 5. The van der Waals surface area contributed by atoms with Crippen molar-refractivity contribution >= 4 is 33.0 Å². The Labute approximate surface area is 150 Å². The largest absolute Gasteiger partial charge is 0.221 e.